The van der Waals surface area contributed by atoms with E-state index in [9.17, 15) is 28.6 Å². The first kappa shape index (κ1) is 21.3. The quantitative estimate of drug-likeness (QED) is 0.651. The van der Waals surface area contributed by atoms with Crippen molar-refractivity contribution in [1.82, 2.24) is 15.1 Å². The van der Waals surface area contributed by atoms with E-state index in [0.29, 0.717) is 12.6 Å². The van der Waals surface area contributed by atoms with Crippen molar-refractivity contribution >= 4 is 11.8 Å². The topological polar surface area (TPSA) is 102 Å². The molecule has 2 amide bonds. The maximum atomic E-state index is 13.9. The van der Waals surface area contributed by atoms with Crippen LogP contribution in [-0.4, -0.2) is 69.8 Å². The normalized spacial score (nSPS) is 23.5. The maximum Gasteiger partial charge on any atom is 0.274 e. The summed E-state index contributed by atoms with van der Waals surface area (Å²) in [5.41, 5.74) is 0.117. The van der Waals surface area contributed by atoms with Crippen molar-refractivity contribution in [3.63, 3.8) is 0 Å². The molecule has 0 radical (unpaired) electrons. The Kier molecular flexibility index (Phi) is 5.44. The number of nitrogens with zero attached hydrogens (tertiary/aromatic N) is 2. The number of ether oxygens (including phenoxy) is 1. The van der Waals surface area contributed by atoms with Gasteiger partial charge in [0, 0.05) is 30.8 Å². The number of carbonyl (C=O) groups is 2. The van der Waals surface area contributed by atoms with E-state index < -0.39 is 35.3 Å². The van der Waals surface area contributed by atoms with E-state index in [0.717, 1.165) is 6.07 Å². The molecule has 2 atom stereocenters. The summed E-state index contributed by atoms with van der Waals surface area (Å²) in [6.45, 7) is 4.02. The molecule has 31 heavy (non-hydrogen) atoms. The predicted octanol–water partition coefficient (Wildman–Crippen LogP) is 0.931. The summed E-state index contributed by atoms with van der Waals surface area (Å²) in [5, 5.41) is 23.8. The number of benzene rings is 1. The van der Waals surface area contributed by atoms with Crippen LogP contribution in [0.2, 0.25) is 0 Å². The molecule has 3 aliphatic rings. The van der Waals surface area contributed by atoms with Gasteiger partial charge in [-0.15, -0.1) is 0 Å². The Hall–Kier alpha value is -2.98. The van der Waals surface area contributed by atoms with Crippen LogP contribution in [0, 0.1) is 11.6 Å². The van der Waals surface area contributed by atoms with Crippen LogP contribution < -0.4 is 5.32 Å². The fourth-order valence-corrected chi connectivity index (χ4v) is 4.16. The molecule has 1 aromatic carbocycles. The highest BCUT2D eigenvalue weighted by Crippen LogP contribution is 2.38. The molecule has 0 spiro atoms. The monoisotopic (exact) mass is 435 g/mol. The van der Waals surface area contributed by atoms with Crippen LogP contribution in [0.15, 0.2) is 40.9 Å². The van der Waals surface area contributed by atoms with Gasteiger partial charge in [-0.2, -0.15) is 0 Å². The van der Waals surface area contributed by atoms with E-state index in [2.05, 4.69) is 5.32 Å². The van der Waals surface area contributed by atoms with Crippen molar-refractivity contribution < 1.29 is 33.3 Å². The fraction of sp³-hybridized carbons (Fsp3) is 0.429. The summed E-state index contributed by atoms with van der Waals surface area (Å²) in [7, 11) is 0. The van der Waals surface area contributed by atoms with Crippen molar-refractivity contribution in [2.24, 2.45) is 0 Å². The minimum Gasteiger partial charge on any atom is -0.507 e. The second-order valence-corrected chi connectivity index (χ2v) is 8.01. The number of morpholine rings is 1. The van der Waals surface area contributed by atoms with E-state index >= 15 is 0 Å². The number of aliphatic hydroxyl groups excluding tert-OH is 2. The zero-order chi connectivity index (χ0) is 22.4. The summed E-state index contributed by atoms with van der Waals surface area (Å²) < 4.78 is 32.6. The summed E-state index contributed by atoms with van der Waals surface area (Å²) in [6.07, 6.45) is -1.74. The first-order valence-corrected chi connectivity index (χ1v) is 9.95. The Balaban J connectivity index is 1.65. The standard InChI is InChI=1S/C21H23F2N3O5/c1-10(2)25-7-13-8-31-9-15-16(18(27)19(28)17(21(25)30)26(13)15)20(29)24-6-11-3-4-12(22)5-14(11)23/h3-5,10,13,18,27-28H,6-9H2,1-2H3,(H,24,29)/t13-,18?/m1/s1. The molecule has 0 aliphatic carbocycles. The average molecular weight is 435 g/mol. The van der Waals surface area contributed by atoms with Crippen LogP contribution in [0.25, 0.3) is 0 Å². The van der Waals surface area contributed by atoms with Crippen LogP contribution in [-0.2, 0) is 20.9 Å². The molecule has 3 heterocycles. The van der Waals surface area contributed by atoms with Crippen LogP contribution in [0.5, 0.6) is 0 Å². The van der Waals surface area contributed by atoms with Crippen LogP contribution in [0.1, 0.15) is 19.4 Å². The largest absolute Gasteiger partial charge is 0.507 e. The fourth-order valence-electron chi connectivity index (χ4n) is 4.16. The lowest BCUT2D eigenvalue weighted by molar-refractivity contribution is -0.139. The highest BCUT2D eigenvalue weighted by molar-refractivity contribution is 6.00. The van der Waals surface area contributed by atoms with Crippen molar-refractivity contribution in [2.45, 2.75) is 38.6 Å². The molecule has 3 N–H and O–H groups in total. The lowest BCUT2D eigenvalue weighted by Crippen LogP contribution is -2.62. The maximum absolute atomic E-state index is 13.9. The molecule has 2 saturated heterocycles. The zero-order valence-electron chi connectivity index (χ0n) is 17.1. The minimum atomic E-state index is -1.74. The Bertz CT molecular complexity index is 1010. The van der Waals surface area contributed by atoms with Gasteiger partial charge in [-0.25, -0.2) is 8.78 Å². The second kappa shape index (κ2) is 7.93. The molecule has 8 nitrogen and oxygen atoms in total. The Labute approximate surface area is 177 Å². The zero-order valence-corrected chi connectivity index (χ0v) is 17.1. The summed E-state index contributed by atoms with van der Waals surface area (Å²) in [4.78, 5) is 29.0. The van der Waals surface area contributed by atoms with Gasteiger partial charge in [0.05, 0.1) is 30.5 Å². The Morgan fingerprint density at radius 2 is 2.10 bits per heavy atom. The summed E-state index contributed by atoms with van der Waals surface area (Å²) in [6, 6.07) is 2.53. The lowest BCUT2D eigenvalue weighted by Gasteiger charge is -2.50. The predicted molar refractivity (Wildman–Crippen MR) is 104 cm³/mol. The van der Waals surface area contributed by atoms with E-state index in [1.54, 1.807) is 9.80 Å². The minimum absolute atomic E-state index is 0.0348. The Morgan fingerprint density at radius 1 is 1.35 bits per heavy atom. The smallest absolute Gasteiger partial charge is 0.274 e. The van der Waals surface area contributed by atoms with Gasteiger partial charge in [0.15, 0.2) is 5.76 Å². The van der Waals surface area contributed by atoms with Crippen molar-refractivity contribution in [1.29, 1.82) is 0 Å². The second-order valence-electron chi connectivity index (χ2n) is 8.01. The molecule has 10 heteroatoms. The third-order valence-electron chi connectivity index (χ3n) is 5.73. The molecule has 0 saturated carbocycles. The number of hydrogen-bond donors (Lipinski definition) is 3. The summed E-state index contributed by atoms with van der Waals surface area (Å²) in [5.74, 6) is -3.35. The van der Waals surface area contributed by atoms with Crippen LogP contribution >= 0.6 is 0 Å². The van der Waals surface area contributed by atoms with E-state index in [-0.39, 0.29) is 54.4 Å². The van der Waals surface area contributed by atoms with Gasteiger partial charge >= 0.3 is 0 Å². The van der Waals surface area contributed by atoms with Gasteiger partial charge < -0.3 is 30.1 Å². The van der Waals surface area contributed by atoms with Crippen molar-refractivity contribution in [3.05, 3.63) is 58.1 Å². The van der Waals surface area contributed by atoms with Gasteiger partial charge in [-0.05, 0) is 19.9 Å². The molecule has 0 bridgehead atoms. The molecule has 0 aromatic heterocycles. The lowest BCUT2D eigenvalue weighted by atomic mass is 9.92. The molecule has 1 aromatic rings. The summed E-state index contributed by atoms with van der Waals surface area (Å²) >= 11 is 0. The number of rotatable bonds is 4. The molecular formula is C21H23F2N3O5. The van der Waals surface area contributed by atoms with Crippen molar-refractivity contribution in [2.75, 3.05) is 19.8 Å². The van der Waals surface area contributed by atoms with Gasteiger partial charge in [0.1, 0.15) is 23.4 Å². The number of halogens is 2. The van der Waals surface area contributed by atoms with Gasteiger partial charge in [-0.3, -0.25) is 9.59 Å². The SMILES string of the molecule is CC(C)N1C[C@@H]2COCC3=C(C(=O)NCc4ccc(F)cc4F)C(O)C(O)=C(C1=O)N32. The van der Waals surface area contributed by atoms with Gasteiger partial charge in [-0.1, -0.05) is 6.07 Å². The van der Waals surface area contributed by atoms with Crippen LogP contribution in [0.4, 0.5) is 8.78 Å². The van der Waals surface area contributed by atoms with Crippen molar-refractivity contribution in [3.8, 4) is 0 Å². The van der Waals surface area contributed by atoms with E-state index in [4.69, 9.17) is 4.74 Å². The van der Waals surface area contributed by atoms with Gasteiger partial charge in [0.2, 0.25) is 0 Å². The Morgan fingerprint density at radius 3 is 2.77 bits per heavy atom. The molecule has 4 rings (SSSR count). The van der Waals surface area contributed by atoms with Crippen LogP contribution in [0.3, 0.4) is 0 Å². The highest BCUT2D eigenvalue weighted by Gasteiger charge is 2.49. The third-order valence-corrected chi connectivity index (χ3v) is 5.73. The highest BCUT2D eigenvalue weighted by atomic mass is 19.1. The number of piperazine rings is 1. The number of nitrogens with one attached hydrogen (secondary N) is 1. The third kappa shape index (κ3) is 3.55. The first-order chi connectivity index (χ1) is 14.7. The van der Waals surface area contributed by atoms with Gasteiger partial charge in [0.25, 0.3) is 11.8 Å². The van der Waals surface area contributed by atoms with E-state index in [1.807, 2.05) is 13.8 Å². The molecule has 2 fully saturated rings. The number of amides is 2. The molecular weight excluding hydrogens is 412 g/mol. The molecule has 3 aliphatic heterocycles. The van der Waals surface area contributed by atoms with E-state index in [1.165, 1.54) is 6.07 Å². The molecule has 1 unspecified atom stereocenters. The average Bonchev–Trinajstić information content (AvgIpc) is 2.71. The number of carbonyl (C=O) groups excluding carboxylic acids is 2. The molecule has 166 valence electrons. The first-order valence-electron chi connectivity index (χ1n) is 9.95. The number of hydrogen-bond acceptors (Lipinski definition) is 6. The number of aliphatic hydroxyl groups is 2.